The summed E-state index contributed by atoms with van der Waals surface area (Å²) < 4.78 is 1.29. The summed E-state index contributed by atoms with van der Waals surface area (Å²) >= 11 is 0. The lowest BCUT2D eigenvalue weighted by molar-refractivity contribution is -0.384. The van der Waals surface area contributed by atoms with Crippen molar-refractivity contribution in [3.05, 3.63) is 56.9 Å². The van der Waals surface area contributed by atoms with E-state index in [1.54, 1.807) is 25.1 Å². The van der Waals surface area contributed by atoms with Crippen LogP contribution >= 0.6 is 0 Å². The minimum absolute atomic E-state index is 0.0195. The quantitative estimate of drug-likeness (QED) is 0.669. The van der Waals surface area contributed by atoms with E-state index in [1.807, 2.05) is 0 Å². The van der Waals surface area contributed by atoms with Gasteiger partial charge in [-0.3, -0.25) is 14.9 Å². The summed E-state index contributed by atoms with van der Waals surface area (Å²) in [4.78, 5) is 22.0. The highest BCUT2D eigenvalue weighted by Crippen LogP contribution is 2.21. The highest BCUT2D eigenvalue weighted by Gasteiger charge is 2.11. The molecule has 1 unspecified atom stereocenters. The van der Waals surface area contributed by atoms with E-state index in [1.165, 1.54) is 22.9 Å². The molecule has 0 aliphatic heterocycles. The molecule has 2 rings (SSSR count). The monoisotopic (exact) mass is 274 g/mol. The Balaban J connectivity index is 2.51. The van der Waals surface area contributed by atoms with Gasteiger partial charge in [0.25, 0.3) is 11.2 Å². The number of nitrogens with two attached hydrogens (primary N) is 1. The van der Waals surface area contributed by atoms with Crippen LogP contribution in [0.3, 0.4) is 0 Å². The van der Waals surface area contributed by atoms with Gasteiger partial charge >= 0.3 is 0 Å². The number of rotatable bonds is 4. The van der Waals surface area contributed by atoms with E-state index in [4.69, 9.17) is 5.73 Å². The SMILES string of the molecule is CC(CN)n1nc(-c2cccc([N+](=O)[O-])c2)ccc1=O. The van der Waals surface area contributed by atoms with Gasteiger partial charge in [0.1, 0.15) is 0 Å². The van der Waals surface area contributed by atoms with Gasteiger partial charge in [0.2, 0.25) is 0 Å². The lowest BCUT2D eigenvalue weighted by Crippen LogP contribution is -2.29. The first-order valence-corrected chi connectivity index (χ1v) is 6.07. The van der Waals surface area contributed by atoms with Gasteiger partial charge < -0.3 is 5.73 Å². The van der Waals surface area contributed by atoms with Gasteiger partial charge in [-0.25, -0.2) is 4.68 Å². The van der Waals surface area contributed by atoms with Gasteiger partial charge in [-0.15, -0.1) is 0 Å². The summed E-state index contributed by atoms with van der Waals surface area (Å²) in [5, 5.41) is 15.0. The first-order chi connectivity index (χ1) is 9.52. The van der Waals surface area contributed by atoms with Gasteiger partial charge in [0.05, 0.1) is 16.7 Å². The summed E-state index contributed by atoms with van der Waals surface area (Å²) in [6.45, 7) is 2.07. The topological polar surface area (TPSA) is 104 Å². The molecule has 0 fully saturated rings. The van der Waals surface area contributed by atoms with Crippen LogP contribution < -0.4 is 11.3 Å². The number of nitro benzene ring substituents is 1. The predicted octanol–water partition coefficient (Wildman–Crippen LogP) is 1.34. The molecule has 2 aromatic rings. The molecule has 2 N–H and O–H groups in total. The van der Waals surface area contributed by atoms with Crippen molar-refractivity contribution in [1.82, 2.24) is 9.78 Å². The van der Waals surface area contributed by atoms with E-state index in [9.17, 15) is 14.9 Å². The molecule has 0 bridgehead atoms. The minimum atomic E-state index is -0.470. The van der Waals surface area contributed by atoms with E-state index in [0.717, 1.165) is 0 Å². The second-order valence-electron chi connectivity index (χ2n) is 4.39. The smallest absolute Gasteiger partial charge is 0.270 e. The summed E-state index contributed by atoms with van der Waals surface area (Å²) in [7, 11) is 0. The minimum Gasteiger partial charge on any atom is -0.328 e. The molecule has 0 aliphatic rings. The van der Waals surface area contributed by atoms with Gasteiger partial charge in [0.15, 0.2) is 0 Å². The van der Waals surface area contributed by atoms with Crippen molar-refractivity contribution >= 4 is 5.69 Å². The zero-order chi connectivity index (χ0) is 14.7. The Kier molecular flexibility index (Phi) is 3.90. The Hall–Kier alpha value is -2.54. The van der Waals surface area contributed by atoms with Gasteiger partial charge in [-0.1, -0.05) is 12.1 Å². The fourth-order valence-corrected chi connectivity index (χ4v) is 1.77. The van der Waals surface area contributed by atoms with Crippen molar-refractivity contribution in [2.75, 3.05) is 6.54 Å². The summed E-state index contributed by atoms with van der Waals surface area (Å²) in [5.41, 5.74) is 6.34. The third-order valence-corrected chi connectivity index (χ3v) is 2.94. The van der Waals surface area contributed by atoms with Crippen LogP contribution in [0.5, 0.6) is 0 Å². The fraction of sp³-hybridized carbons (Fsp3) is 0.231. The molecule has 7 heteroatoms. The van der Waals surface area contributed by atoms with Crippen LogP contribution in [-0.4, -0.2) is 21.2 Å². The average molecular weight is 274 g/mol. The van der Waals surface area contributed by atoms with Crippen molar-refractivity contribution in [3.8, 4) is 11.3 Å². The molecule has 20 heavy (non-hydrogen) atoms. The summed E-state index contributed by atoms with van der Waals surface area (Å²) in [6, 6.07) is 8.80. The van der Waals surface area contributed by atoms with E-state index >= 15 is 0 Å². The maximum atomic E-state index is 11.7. The maximum absolute atomic E-state index is 11.7. The molecule has 1 heterocycles. The van der Waals surface area contributed by atoms with Crippen molar-refractivity contribution in [2.45, 2.75) is 13.0 Å². The molecule has 0 amide bonds. The molecule has 7 nitrogen and oxygen atoms in total. The number of hydrogen-bond acceptors (Lipinski definition) is 5. The van der Waals surface area contributed by atoms with Crippen LogP contribution in [0.15, 0.2) is 41.2 Å². The molecule has 1 aromatic carbocycles. The summed E-state index contributed by atoms with van der Waals surface area (Å²) in [6.07, 6.45) is 0. The Bertz CT molecular complexity index is 696. The molecular weight excluding hydrogens is 260 g/mol. The van der Waals surface area contributed by atoms with Crippen molar-refractivity contribution in [2.24, 2.45) is 5.73 Å². The van der Waals surface area contributed by atoms with E-state index in [2.05, 4.69) is 5.10 Å². The van der Waals surface area contributed by atoms with E-state index in [0.29, 0.717) is 11.3 Å². The second-order valence-corrected chi connectivity index (χ2v) is 4.39. The van der Waals surface area contributed by atoms with Crippen LogP contribution in [-0.2, 0) is 0 Å². The van der Waals surface area contributed by atoms with Gasteiger partial charge in [-0.2, -0.15) is 5.10 Å². The first-order valence-electron chi connectivity index (χ1n) is 6.07. The number of nitro groups is 1. The van der Waals surface area contributed by atoms with Crippen molar-refractivity contribution < 1.29 is 4.92 Å². The Morgan fingerprint density at radius 1 is 1.40 bits per heavy atom. The first kappa shape index (κ1) is 13.9. The van der Waals surface area contributed by atoms with Crippen molar-refractivity contribution in [3.63, 3.8) is 0 Å². The lowest BCUT2D eigenvalue weighted by Gasteiger charge is -2.12. The van der Waals surface area contributed by atoms with Gasteiger partial charge in [0, 0.05) is 30.3 Å². The molecule has 1 aromatic heterocycles. The lowest BCUT2D eigenvalue weighted by atomic mass is 10.1. The second kappa shape index (κ2) is 5.62. The molecule has 0 spiro atoms. The molecule has 0 saturated carbocycles. The highest BCUT2D eigenvalue weighted by molar-refractivity contribution is 5.61. The normalized spacial score (nSPS) is 12.1. The number of nitrogens with zero attached hydrogens (tertiary/aromatic N) is 3. The predicted molar refractivity (Wildman–Crippen MR) is 74.4 cm³/mol. The standard InChI is InChI=1S/C13H14N4O3/c1-9(8-14)16-13(18)6-5-12(15-16)10-3-2-4-11(7-10)17(19)20/h2-7,9H,8,14H2,1H3. The molecule has 0 saturated heterocycles. The fourth-order valence-electron chi connectivity index (χ4n) is 1.77. The zero-order valence-electron chi connectivity index (χ0n) is 10.9. The van der Waals surface area contributed by atoms with Gasteiger partial charge in [-0.05, 0) is 13.0 Å². The Morgan fingerprint density at radius 2 is 2.15 bits per heavy atom. The molecule has 0 aliphatic carbocycles. The van der Waals surface area contributed by atoms with E-state index in [-0.39, 0.29) is 23.8 Å². The van der Waals surface area contributed by atoms with Crippen molar-refractivity contribution in [1.29, 1.82) is 0 Å². The Morgan fingerprint density at radius 3 is 2.80 bits per heavy atom. The molecule has 104 valence electrons. The Labute approximate surface area is 114 Å². The molecule has 1 atom stereocenters. The third-order valence-electron chi connectivity index (χ3n) is 2.94. The summed E-state index contributed by atoms with van der Waals surface area (Å²) in [5.74, 6) is 0. The number of aromatic nitrogens is 2. The van der Waals surface area contributed by atoms with Crippen LogP contribution in [0.2, 0.25) is 0 Å². The highest BCUT2D eigenvalue weighted by atomic mass is 16.6. The molecule has 0 radical (unpaired) electrons. The average Bonchev–Trinajstić information content (AvgIpc) is 2.47. The zero-order valence-corrected chi connectivity index (χ0v) is 10.9. The number of hydrogen-bond donors (Lipinski definition) is 1. The van der Waals surface area contributed by atoms with Crippen LogP contribution in [0.1, 0.15) is 13.0 Å². The van der Waals surface area contributed by atoms with Crippen LogP contribution in [0.25, 0.3) is 11.3 Å². The maximum Gasteiger partial charge on any atom is 0.270 e. The van der Waals surface area contributed by atoms with Crippen LogP contribution in [0.4, 0.5) is 5.69 Å². The largest absolute Gasteiger partial charge is 0.328 e. The van der Waals surface area contributed by atoms with E-state index < -0.39 is 4.92 Å². The number of benzene rings is 1. The number of non-ortho nitro benzene ring substituents is 1. The third kappa shape index (κ3) is 2.72. The molecular formula is C13H14N4O3. The van der Waals surface area contributed by atoms with Crippen LogP contribution in [0, 0.1) is 10.1 Å².